The molecule has 3 rings (SSSR count). The number of rotatable bonds is 7. The normalized spacial score (nSPS) is 10.7. The average molecular weight is 426 g/mol. The van der Waals surface area contributed by atoms with Crippen molar-refractivity contribution >= 4 is 22.9 Å². The van der Waals surface area contributed by atoms with Crippen LogP contribution in [0.4, 0.5) is 10.7 Å². The van der Waals surface area contributed by atoms with E-state index in [2.05, 4.69) is 9.97 Å². The lowest BCUT2D eigenvalue weighted by atomic mass is 10.1. The number of nitrogens with one attached hydrogen (secondary N) is 1. The lowest BCUT2D eigenvalue weighted by Gasteiger charge is -2.20. The summed E-state index contributed by atoms with van der Waals surface area (Å²) >= 11 is 0. The fourth-order valence-corrected chi connectivity index (χ4v) is 3.54. The SMILES string of the molecule is COc1cc2nc(N(C)Cc3cccc(CN(C)C(=O)O)c3)[nH]c(=O)c2c(C)c1OC. The molecule has 1 aromatic heterocycles. The summed E-state index contributed by atoms with van der Waals surface area (Å²) in [6.07, 6.45) is -0.984. The lowest BCUT2D eigenvalue weighted by molar-refractivity contribution is 0.153. The molecule has 0 aliphatic rings. The molecule has 164 valence electrons. The number of hydrogen-bond donors (Lipinski definition) is 2. The number of aromatic amines is 1. The molecule has 9 nitrogen and oxygen atoms in total. The van der Waals surface area contributed by atoms with Crippen LogP contribution in [-0.2, 0) is 13.1 Å². The summed E-state index contributed by atoms with van der Waals surface area (Å²) in [6.45, 7) is 2.56. The summed E-state index contributed by atoms with van der Waals surface area (Å²) in [7, 11) is 6.42. The summed E-state index contributed by atoms with van der Waals surface area (Å²) < 4.78 is 10.8. The Morgan fingerprint density at radius 1 is 1.13 bits per heavy atom. The van der Waals surface area contributed by atoms with E-state index in [-0.39, 0.29) is 5.56 Å². The topological polar surface area (TPSA) is 108 Å². The van der Waals surface area contributed by atoms with Crippen molar-refractivity contribution in [3.63, 3.8) is 0 Å². The van der Waals surface area contributed by atoms with E-state index in [4.69, 9.17) is 14.6 Å². The van der Waals surface area contributed by atoms with Gasteiger partial charge in [0, 0.05) is 38.8 Å². The van der Waals surface area contributed by atoms with Crippen LogP contribution in [-0.4, -0.2) is 54.4 Å². The maximum Gasteiger partial charge on any atom is 0.407 e. The first-order valence-electron chi connectivity index (χ1n) is 9.63. The number of carboxylic acid groups (broad SMARTS) is 1. The first-order chi connectivity index (χ1) is 14.7. The Labute approximate surface area is 179 Å². The average Bonchev–Trinajstić information content (AvgIpc) is 2.73. The third kappa shape index (κ3) is 4.55. The van der Waals surface area contributed by atoms with Crippen molar-refractivity contribution in [2.75, 3.05) is 33.2 Å². The molecule has 3 aromatic rings. The third-order valence-electron chi connectivity index (χ3n) is 5.09. The maximum atomic E-state index is 12.8. The van der Waals surface area contributed by atoms with Crippen LogP contribution in [0.5, 0.6) is 11.5 Å². The molecule has 0 atom stereocenters. The molecule has 0 spiro atoms. The van der Waals surface area contributed by atoms with Crippen LogP contribution in [0.15, 0.2) is 35.1 Å². The standard InChI is InChI=1S/C22H26N4O5/c1-13-18-16(10-17(30-4)19(13)31-5)23-21(24-20(18)27)25(2)11-14-7-6-8-15(9-14)12-26(3)22(28)29/h6-10H,11-12H2,1-5H3,(H,28,29)(H,23,24,27). The fourth-order valence-electron chi connectivity index (χ4n) is 3.54. The molecular weight excluding hydrogens is 400 g/mol. The number of nitrogens with zero attached hydrogens (tertiary/aromatic N) is 3. The number of carbonyl (C=O) groups is 1. The Kier molecular flexibility index (Phi) is 6.33. The van der Waals surface area contributed by atoms with E-state index in [1.54, 1.807) is 13.0 Å². The predicted octanol–water partition coefficient (Wildman–Crippen LogP) is 2.99. The molecule has 0 aliphatic heterocycles. The smallest absolute Gasteiger partial charge is 0.407 e. The number of aromatic nitrogens is 2. The second-order valence-electron chi connectivity index (χ2n) is 7.34. The van der Waals surface area contributed by atoms with E-state index in [1.807, 2.05) is 36.2 Å². The molecular formula is C22H26N4O5. The highest BCUT2D eigenvalue weighted by Gasteiger charge is 2.17. The zero-order valence-corrected chi connectivity index (χ0v) is 18.2. The minimum Gasteiger partial charge on any atom is -0.493 e. The minimum absolute atomic E-state index is 0.262. The number of H-pyrrole nitrogens is 1. The second kappa shape index (κ2) is 8.95. The maximum absolute atomic E-state index is 12.8. The zero-order valence-electron chi connectivity index (χ0n) is 18.2. The van der Waals surface area contributed by atoms with Crippen LogP contribution in [0.25, 0.3) is 10.9 Å². The number of fused-ring (bicyclic) bond motifs is 1. The molecule has 2 aromatic carbocycles. The number of ether oxygens (including phenoxy) is 2. The van der Waals surface area contributed by atoms with E-state index in [9.17, 15) is 9.59 Å². The Bertz CT molecular complexity index is 1170. The fraction of sp³-hybridized carbons (Fsp3) is 0.318. The van der Waals surface area contributed by atoms with Gasteiger partial charge in [-0.15, -0.1) is 0 Å². The number of hydrogen-bond acceptors (Lipinski definition) is 6. The lowest BCUT2D eigenvalue weighted by Crippen LogP contribution is -2.24. The quantitative estimate of drug-likeness (QED) is 0.598. The molecule has 9 heteroatoms. The number of aryl methyl sites for hydroxylation is 1. The van der Waals surface area contributed by atoms with Gasteiger partial charge in [-0.05, 0) is 18.1 Å². The van der Waals surface area contributed by atoms with Gasteiger partial charge >= 0.3 is 6.09 Å². The van der Waals surface area contributed by atoms with Gasteiger partial charge in [-0.2, -0.15) is 0 Å². The summed E-state index contributed by atoms with van der Waals surface area (Å²) in [6, 6.07) is 9.33. The van der Waals surface area contributed by atoms with Crippen LogP contribution in [0.1, 0.15) is 16.7 Å². The van der Waals surface area contributed by atoms with E-state index in [0.717, 1.165) is 11.1 Å². The van der Waals surface area contributed by atoms with Crippen molar-refractivity contribution in [3.8, 4) is 11.5 Å². The van der Waals surface area contributed by atoms with Gasteiger partial charge in [0.1, 0.15) is 0 Å². The highest BCUT2D eigenvalue weighted by atomic mass is 16.5. The molecule has 0 aliphatic carbocycles. The van der Waals surface area contributed by atoms with Gasteiger partial charge in [0.15, 0.2) is 11.5 Å². The van der Waals surface area contributed by atoms with Crippen molar-refractivity contribution in [2.24, 2.45) is 0 Å². The van der Waals surface area contributed by atoms with Crippen LogP contribution >= 0.6 is 0 Å². The number of anilines is 1. The molecule has 1 amide bonds. The van der Waals surface area contributed by atoms with Gasteiger partial charge in [-0.3, -0.25) is 9.78 Å². The van der Waals surface area contributed by atoms with Crippen molar-refractivity contribution in [2.45, 2.75) is 20.0 Å². The van der Waals surface area contributed by atoms with Gasteiger partial charge in [-0.1, -0.05) is 24.3 Å². The Morgan fingerprint density at radius 2 is 1.81 bits per heavy atom. The largest absolute Gasteiger partial charge is 0.493 e. The van der Waals surface area contributed by atoms with Gasteiger partial charge in [0.05, 0.1) is 25.1 Å². The third-order valence-corrected chi connectivity index (χ3v) is 5.09. The van der Waals surface area contributed by atoms with E-state index >= 15 is 0 Å². The van der Waals surface area contributed by atoms with Crippen LogP contribution in [0.2, 0.25) is 0 Å². The summed E-state index contributed by atoms with van der Waals surface area (Å²) in [5.74, 6) is 1.43. The van der Waals surface area contributed by atoms with E-state index in [0.29, 0.717) is 47.0 Å². The molecule has 1 heterocycles. The summed E-state index contributed by atoms with van der Waals surface area (Å²) in [5.41, 5.74) is 2.75. The first-order valence-corrected chi connectivity index (χ1v) is 9.63. The number of benzene rings is 2. The van der Waals surface area contributed by atoms with Crippen LogP contribution in [0, 0.1) is 6.92 Å². The van der Waals surface area contributed by atoms with E-state index < -0.39 is 6.09 Å². The number of amides is 1. The molecule has 0 saturated carbocycles. The van der Waals surface area contributed by atoms with Crippen LogP contribution in [0.3, 0.4) is 0 Å². The number of methoxy groups -OCH3 is 2. The molecule has 0 radical (unpaired) electrons. The molecule has 0 bridgehead atoms. The van der Waals surface area contributed by atoms with Gasteiger partial charge in [0.2, 0.25) is 5.95 Å². The van der Waals surface area contributed by atoms with Gasteiger partial charge in [0.25, 0.3) is 5.56 Å². The molecule has 0 unspecified atom stereocenters. The monoisotopic (exact) mass is 426 g/mol. The van der Waals surface area contributed by atoms with E-state index in [1.165, 1.54) is 26.2 Å². The molecule has 0 saturated heterocycles. The molecule has 0 fully saturated rings. The highest BCUT2D eigenvalue weighted by Crippen LogP contribution is 2.35. The van der Waals surface area contributed by atoms with Gasteiger partial charge in [-0.25, -0.2) is 9.78 Å². The van der Waals surface area contributed by atoms with Gasteiger partial charge < -0.3 is 24.4 Å². The highest BCUT2D eigenvalue weighted by molar-refractivity contribution is 5.86. The first kappa shape index (κ1) is 21.9. The van der Waals surface area contributed by atoms with Crippen molar-refractivity contribution in [1.29, 1.82) is 0 Å². The zero-order chi connectivity index (χ0) is 22.7. The van der Waals surface area contributed by atoms with Crippen molar-refractivity contribution < 1.29 is 19.4 Å². The summed E-state index contributed by atoms with van der Waals surface area (Å²) in [4.78, 5) is 34.4. The minimum atomic E-state index is -0.984. The Morgan fingerprint density at radius 3 is 2.42 bits per heavy atom. The molecule has 2 N–H and O–H groups in total. The summed E-state index contributed by atoms with van der Waals surface area (Å²) in [5, 5.41) is 9.52. The predicted molar refractivity (Wildman–Crippen MR) is 118 cm³/mol. The van der Waals surface area contributed by atoms with Crippen molar-refractivity contribution in [3.05, 3.63) is 57.4 Å². The second-order valence-corrected chi connectivity index (χ2v) is 7.34. The Balaban J connectivity index is 1.92. The molecule has 31 heavy (non-hydrogen) atoms. The Hall–Kier alpha value is -3.75. The van der Waals surface area contributed by atoms with Crippen molar-refractivity contribution in [1.82, 2.24) is 14.9 Å². The van der Waals surface area contributed by atoms with Crippen LogP contribution < -0.4 is 19.9 Å².